The number of esters is 1. The quantitative estimate of drug-likeness (QED) is 0.517. The van der Waals surface area contributed by atoms with Gasteiger partial charge < -0.3 is 4.74 Å². The molecular formula is C10H20O2Si. The van der Waals surface area contributed by atoms with Crippen LogP contribution in [0.5, 0.6) is 0 Å². The first-order valence-electron chi connectivity index (χ1n) is 4.59. The Labute approximate surface area is 82.0 Å². The van der Waals surface area contributed by atoms with E-state index in [-0.39, 0.29) is 12.1 Å². The second-order valence-electron chi connectivity index (χ2n) is 4.51. The summed E-state index contributed by atoms with van der Waals surface area (Å²) < 4.78 is 5.07. The van der Waals surface area contributed by atoms with Gasteiger partial charge in [-0.2, -0.15) is 0 Å². The van der Waals surface area contributed by atoms with Gasteiger partial charge in [-0.3, -0.25) is 4.79 Å². The van der Waals surface area contributed by atoms with E-state index in [1.54, 1.807) is 0 Å². The van der Waals surface area contributed by atoms with Gasteiger partial charge in [-0.1, -0.05) is 25.3 Å². The summed E-state index contributed by atoms with van der Waals surface area (Å²) in [6.45, 7) is 12.2. The molecule has 0 N–H and O–H groups in total. The molecule has 0 saturated carbocycles. The molecule has 0 aromatic rings. The highest BCUT2D eigenvalue weighted by atomic mass is 28.3. The topological polar surface area (TPSA) is 26.3 Å². The summed E-state index contributed by atoms with van der Waals surface area (Å²) in [7, 11) is -1.19. The highest BCUT2D eigenvalue weighted by Crippen LogP contribution is 2.12. The molecule has 0 aromatic carbocycles. The van der Waals surface area contributed by atoms with Crippen molar-refractivity contribution < 1.29 is 9.53 Å². The monoisotopic (exact) mass is 200 g/mol. The number of hydrogen-bond acceptors (Lipinski definition) is 2. The first-order valence-corrected chi connectivity index (χ1v) is 8.16. The molecule has 2 nitrogen and oxygen atoms in total. The minimum absolute atomic E-state index is 0.0794. The number of ether oxygens (including phenoxy) is 1. The molecule has 0 spiro atoms. The van der Waals surface area contributed by atoms with Crippen molar-refractivity contribution in [1.29, 1.82) is 0 Å². The van der Waals surface area contributed by atoms with Crippen LogP contribution >= 0.6 is 0 Å². The Balaban J connectivity index is 4.33. The van der Waals surface area contributed by atoms with Gasteiger partial charge in [0.2, 0.25) is 0 Å². The van der Waals surface area contributed by atoms with Crippen LogP contribution in [0.25, 0.3) is 0 Å². The SMILES string of the molecule is CC(=O)O[C@@H](C)/C(C)=C/[Si](C)(C)C. The maximum Gasteiger partial charge on any atom is 0.303 e. The molecule has 13 heavy (non-hydrogen) atoms. The molecule has 0 radical (unpaired) electrons. The van der Waals surface area contributed by atoms with Gasteiger partial charge in [-0.15, -0.1) is 0 Å². The highest BCUT2D eigenvalue weighted by Gasteiger charge is 2.13. The van der Waals surface area contributed by atoms with E-state index in [0.717, 1.165) is 5.57 Å². The Morgan fingerprint density at radius 3 is 2.08 bits per heavy atom. The fraction of sp³-hybridized carbons (Fsp3) is 0.700. The molecule has 0 aliphatic carbocycles. The Kier molecular flexibility index (Phi) is 4.40. The molecule has 0 amide bonds. The fourth-order valence-electron chi connectivity index (χ4n) is 1.14. The standard InChI is InChI=1S/C10H20O2Si/c1-8(7-13(4,5)6)9(2)12-10(3)11/h7,9H,1-6H3/b8-7+/t9-/m0/s1. The summed E-state index contributed by atoms with van der Waals surface area (Å²) in [6.07, 6.45) is -0.0794. The van der Waals surface area contributed by atoms with E-state index in [2.05, 4.69) is 25.3 Å². The zero-order valence-electron chi connectivity index (χ0n) is 9.47. The van der Waals surface area contributed by atoms with Crippen LogP contribution in [0, 0.1) is 0 Å². The van der Waals surface area contributed by atoms with E-state index in [9.17, 15) is 4.79 Å². The average Bonchev–Trinajstić information content (AvgIpc) is 1.81. The maximum absolute atomic E-state index is 10.7. The van der Waals surface area contributed by atoms with Crippen LogP contribution in [0.15, 0.2) is 11.3 Å². The van der Waals surface area contributed by atoms with Crippen molar-refractivity contribution in [3.8, 4) is 0 Å². The predicted molar refractivity (Wildman–Crippen MR) is 58.3 cm³/mol. The number of carbonyl (C=O) groups excluding carboxylic acids is 1. The minimum Gasteiger partial charge on any atom is -0.458 e. The molecule has 0 aliphatic heterocycles. The Hall–Kier alpha value is -0.573. The van der Waals surface area contributed by atoms with Gasteiger partial charge in [-0.05, 0) is 19.4 Å². The summed E-state index contributed by atoms with van der Waals surface area (Å²) in [5.74, 6) is -0.212. The molecule has 0 rings (SSSR count). The molecule has 0 saturated heterocycles. The van der Waals surface area contributed by atoms with Gasteiger partial charge in [0.25, 0.3) is 0 Å². The molecule has 76 valence electrons. The zero-order valence-corrected chi connectivity index (χ0v) is 10.5. The highest BCUT2D eigenvalue weighted by molar-refractivity contribution is 6.81. The van der Waals surface area contributed by atoms with E-state index < -0.39 is 8.07 Å². The average molecular weight is 200 g/mol. The Morgan fingerprint density at radius 2 is 1.77 bits per heavy atom. The van der Waals surface area contributed by atoms with Gasteiger partial charge in [0.1, 0.15) is 6.10 Å². The predicted octanol–water partition coefficient (Wildman–Crippen LogP) is 2.76. The van der Waals surface area contributed by atoms with Crippen LogP contribution in [0.3, 0.4) is 0 Å². The lowest BCUT2D eigenvalue weighted by Gasteiger charge is -2.17. The van der Waals surface area contributed by atoms with Gasteiger partial charge in [0.05, 0.1) is 8.07 Å². The van der Waals surface area contributed by atoms with Gasteiger partial charge in [0, 0.05) is 6.92 Å². The summed E-state index contributed by atoms with van der Waals surface area (Å²) in [6, 6.07) is 0. The fourth-order valence-corrected chi connectivity index (χ4v) is 2.74. The molecule has 0 bridgehead atoms. The minimum atomic E-state index is -1.19. The van der Waals surface area contributed by atoms with Crippen LogP contribution in [-0.2, 0) is 9.53 Å². The van der Waals surface area contributed by atoms with E-state index in [0.29, 0.717) is 0 Å². The number of hydrogen-bond donors (Lipinski definition) is 0. The van der Waals surface area contributed by atoms with Crippen LogP contribution in [0.2, 0.25) is 19.6 Å². The molecule has 0 aliphatic rings. The first kappa shape index (κ1) is 12.4. The lowest BCUT2D eigenvalue weighted by atomic mass is 10.2. The van der Waals surface area contributed by atoms with Crippen LogP contribution in [-0.4, -0.2) is 20.1 Å². The first-order chi connectivity index (χ1) is 5.72. The second-order valence-corrected chi connectivity index (χ2v) is 9.53. The van der Waals surface area contributed by atoms with E-state index in [1.807, 2.05) is 13.8 Å². The number of carbonyl (C=O) groups is 1. The van der Waals surface area contributed by atoms with Crippen molar-refractivity contribution >= 4 is 14.0 Å². The lowest BCUT2D eigenvalue weighted by molar-refractivity contribution is -0.143. The summed E-state index contributed by atoms with van der Waals surface area (Å²) in [5, 5.41) is 0. The molecule has 1 atom stereocenters. The van der Waals surface area contributed by atoms with Gasteiger partial charge in [0.15, 0.2) is 0 Å². The summed E-state index contributed by atoms with van der Waals surface area (Å²) >= 11 is 0. The van der Waals surface area contributed by atoms with Crippen LogP contribution in [0.1, 0.15) is 20.8 Å². The van der Waals surface area contributed by atoms with E-state index >= 15 is 0 Å². The normalized spacial score (nSPS) is 15.4. The smallest absolute Gasteiger partial charge is 0.303 e. The zero-order chi connectivity index (χ0) is 10.6. The van der Waals surface area contributed by atoms with Crippen LogP contribution in [0.4, 0.5) is 0 Å². The van der Waals surface area contributed by atoms with Gasteiger partial charge >= 0.3 is 5.97 Å². The molecule has 0 heterocycles. The molecule has 0 fully saturated rings. The third kappa shape index (κ3) is 6.58. The van der Waals surface area contributed by atoms with Crippen molar-refractivity contribution in [2.75, 3.05) is 0 Å². The Morgan fingerprint density at radius 1 is 1.31 bits per heavy atom. The maximum atomic E-state index is 10.7. The van der Waals surface area contributed by atoms with Crippen molar-refractivity contribution in [2.45, 2.75) is 46.5 Å². The largest absolute Gasteiger partial charge is 0.458 e. The van der Waals surface area contributed by atoms with Crippen molar-refractivity contribution in [3.63, 3.8) is 0 Å². The van der Waals surface area contributed by atoms with E-state index in [4.69, 9.17) is 4.74 Å². The molecule has 0 unspecified atom stereocenters. The second kappa shape index (κ2) is 4.60. The lowest BCUT2D eigenvalue weighted by Crippen LogP contribution is -2.21. The van der Waals surface area contributed by atoms with Crippen molar-refractivity contribution in [1.82, 2.24) is 0 Å². The summed E-state index contributed by atoms with van der Waals surface area (Å²) in [5.41, 5.74) is 3.43. The van der Waals surface area contributed by atoms with Crippen LogP contribution < -0.4 is 0 Å². The Bertz CT molecular complexity index is 213. The molecule has 0 aromatic heterocycles. The number of rotatable bonds is 3. The third-order valence-corrected chi connectivity index (χ3v) is 2.97. The molecule has 3 heteroatoms. The van der Waals surface area contributed by atoms with E-state index in [1.165, 1.54) is 6.92 Å². The summed E-state index contributed by atoms with van der Waals surface area (Å²) in [4.78, 5) is 10.7. The van der Waals surface area contributed by atoms with Crippen molar-refractivity contribution in [3.05, 3.63) is 11.3 Å². The molecular weight excluding hydrogens is 180 g/mol. The van der Waals surface area contributed by atoms with Crippen molar-refractivity contribution in [2.24, 2.45) is 0 Å². The van der Waals surface area contributed by atoms with Gasteiger partial charge in [-0.25, -0.2) is 0 Å². The third-order valence-electron chi connectivity index (χ3n) is 1.64.